The van der Waals surface area contributed by atoms with Crippen molar-refractivity contribution in [1.29, 1.82) is 5.41 Å². The number of primary amides is 1. The molecule has 1 unspecified atom stereocenters. The van der Waals surface area contributed by atoms with Crippen molar-refractivity contribution in [3.63, 3.8) is 0 Å². The average molecular weight is 429 g/mol. The van der Waals surface area contributed by atoms with Crippen molar-refractivity contribution in [3.8, 4) is 0 Å². The Bertz CT molecular complexity index is 1160. The highest BCUT2D eigenvalue weighted by Gasteiger charge is 2.22. The molecule has 0 saturated heterocycles. The van der Waals surface area contributed by atoms with Gasteiger partial charge >= 0.3 is 0 Å². The number of nitrogens with two attached hydrogens (primary N) is 1. The summed E-state index contributed by atoms with van der Waals surface area (Å²) in [5, 5.41) is 21.4. The summed E-state index contributed by atoms with van der Waals surface area (Å²) < 4.78 is 0. The van der Waals surface area contributed by atoms with E-state index in [4.69, 9.17) is 11.1 Å². The minimum absolute atomic E-state index is 0.00944. The minimum Gasteiger partial charge on any atom is -0.365 e. The van der Waals surface area contributed by atoms with Gasteiger partial charge in [0.25, 0.3) is 5.91 Å². The van der Waals surface area contributed by atoms with Crippen molar-refractivity contribution in [2.24, 2.45) is 16.0 Å². The smallest absolute Gasteiger partial charge is 0.254 e. The predicted octanol–water partition coefficient (Wildman–Crippen LogP) is 3.94. The van der Waals surface area contributed by atoms with Crippen LogP contribution < -0.4 is 16.4 Å². The Morgan fingerprint density at radius 3 is 3.03 bits per heavy atom. The molecular formula is C22H23N9O. The molecule has 3 aromatic rings. The quantitative estimate of drug-likeness (QED) is 0.314. The summed E-state index contributed by atoms with van der Waals surface area (Å²) in [5.41, 5.74) is 9.19. The van der Waals surface area contributed by atoms with E-state index in [2.05, 4.69) is 41.9 Å². The van der Waals surface area contributed by atoms with Gasteiger partial charge in [-0.05, 0) is 49.1 Å². The number of rotatable bonds is 8. The first-order valence-corrected chi connectivity index (χ1v) is 10.2. The highest BCUT2D eigenvalue weighted by Crippen LogP contribution is 2.31. The second-order valence-corrected chi connectivity index (χ2v) is 7.26. The molecule has 0 fully saturated rings. The van der Waals surface area contributed by atoms with Gasteiger partial charge in [0.1, 0.15) is 11.4 Å². The summed E-state index contributed by atoms with van der Waals surface area (Å²) in [6.07, 6.45) is 7.32. The van der Waals surface area contributed by atoms with E-state index in [1.807, 2.05) is 12.1 Å². The number of amides is 1. The molecule has 32 heavy (non-hydrogen) atoms. The SMILES string of the molecule is N=CCN=Nc1cccc(Nc2nc(NC3CCCc4cccnc43)ncc2C(N)=O)c1. The minimum atomic E-state index is -0.634. The van der Waals surface area contributed by atoms with Gasteiger partial charge in [-0.15, -0.1) is 0 Å². The van der Waals surface area contributed by atoms with Crippen LogP contribution >= 0.6 is 0 Å². The zero-order chi connectivity index (χ0) is 22.3. The summed E-state index contributed by atoms with van der Waals surface area (Å²) >= 11 is 0. The lowest BCUT2D eigenvalue weighted by Gasteiger charge is -2.25. The Hall–Kier alpha value is -4.21. The molecule has 162 valence electrons. The molecule has 2 aromatic heterocycles. The largest absolute Gasteiger partial charge is 0.365 e. The number of benzene rings is 1. The van der Waals surface area contributed by atoms with E-state index in [1.54, 1.807) is 24.4 Å². The summed E-state index contributed by atoms with van der Waals surface area (Å²) in [6.45, 7) is 0.212. The molecule has 1 aromatic carbocycles. The maximum atomic E-state index is 11.9. The van der Waals surface area contributed by atoms with Crippen LogP contribution in [0.1, 0.15) is 40.5 Å². The fraction of sp³-hybridized carbons (Fsp3) is 0.227. The lowest BCUT2D eigenvalue weighted by Crippen LogP contribution is -2.21. The lowest BCUT2D eigenvalue weighted by atomic mass is 9.92. The molecule has 4 rings (SSSR count). The topological polar surface area (TPSA) is 154 Å². The third-order valence-corrected chi connectivity index (χ3v) is 5.02. The van der Waals surface area contributed by atoms with Crippen LogP contribution in [0.25, 0.3) is 0 Å². The molecule has 0 radical (unpaired) electrons. The first-order chi connectivity index (χ1) is 15.6. The van der Waals surface area contributed by atoms with E-state index in [9.17, 15) is 4.79 Å². The highest BCUT2D eigenvalue weighted by atomic mass is 16.1. The first kappa shape index (κ1) is 21.0. The number of nitrogens with zero attached hydrogens (tertiary/aromatic N) is 5. The molecule has 1 aliphatic rings. The molecular weight excluding hydrogens is 406 g/mol. The Morgan fingerprint density at radius 1 is 1.28 bits per heavy atom. The maximum absolute atomic E-state index is 11.9. The fourth-order valence-electron chi connectivity index (χ4n) is 3.58. The number of hydrogen-bond acceptors (Lipinski definition) is 9. The van der Waals surface area contributed by atoms with E-state index in [0.29, 0.717) is 23.1 Å². The molecule has 10 heteroatoms. The van der Waals surface area contributed by atoms with Crippen LogP contribution in [0, 0.1) is 5.41 Å². The van der Waals surface area contributed by atoms with E-state index in [0.717, 1.165) is 25.0 Å². The molecule has 1 amide bonds. The van der Waals surface area contributed by atoms with Crippen LogP contribution in [0.15, 0.2) is 59.0 Å². The van der Waals surface area contributed by atoms with Gasteiger partial charge in [-0.1, -0.05) is 12.1 Å². The molecule has 0 aliphatic heterocycles. The molecule has 1 atom stereocenters. The number of carbonyl (C=O) groups is 1. The zero-order valence-electron chi connectivity index (χ0n) is 17.3. The summed E-state index contributed by atoms with van der Waals surface area (Å²) in [6, 6.07) is 11.2. The van der Waals surface area contributed by atoms with Gasteiger partial charge in [-0.25, -0.2) is 4.98 Å². The number of aromatic nitrogens is 3. The number of fused-ring (bicyclic) bond motifs is 1. The Labute approximate surface area is 184 Å². The van der Waals surface area contributed by atoms with Crippen LogP contribution in [0.3, 0.4) is 0 Å². The molecule has 5 N–H and O–H groups in total. The van der Waals surface area contributed by atoms with Gasteiger partial charge in [0, 0.05) is 24.3 Å². The van der Waals surface area contributed by atoms with Crippen molar-refractivity contribution in [2.45, 2.75) is 25.3 Å². The van der Waals surface area contributed by atoms with E-state index in [1.165, 1.54) is 18.0 Å². The van der Waals surface area contributed by atoms with Gasteiger partial charge in [-0.2, -0.15) is 15.2 Å². The van der Waals surface area contributed by atoms with Crippen molar-refractivity contribution in [3.05, 3.63) is 65.6 Å². The van der Waals surface area contributed by atoms with Crippen molar-refractivity contribution >= 4 is 35.3 Å². The number of hydrogen-bond donors (Lipinski definition) is 4. The number of aryl methyl sites for hydroxylation is 1. The Kier molecular flexibility index (Phi) is 6.40. The molecule has 2 heterocycles. The molecule has 10 nitrogen and oxygen atoms in total. The summed E-state index contributed by atoms with van der Waals surface area (Å²) in [4.78, 5) is 25.3. The second-order valence-electron chi connectivity index (χ2n) is 7.26. The second kappa shape index (κ2) is 9.73. The molecule has 0 bridgehead atoms. The number of pyridine rings is 1. The number of azo groups is 1. The predicted molar refractivity (Wildman–Crippen MR) is 122 cm³/mol. The molecule has 0 saturated carbocycles. The van der Waals surface area contributed by atoms with Crippen molar-refractivity contribution in [2.75, 3.05) is 17.2 Å². The highest BCUT2D eigenvalue weighted by molar-refractivity contribution is 5.98. The standard InChI is InChI=1S/C22H23N9O/c23-9-11-27-31-16-7-2-6-15(12-16)28-21-17(20(24)32)13-26-22(30-21)29-18-8-1-4-14-5-3-10-25-19(14)18/h2-3,5-7,9-10,12-13,18,23H,1,4,8,11H2,(H2,24,32)(H2,26,28,29,30). The first-order valence-electron chi connectivity index (χ1n) is 10.2. The third-order valence-electron chi connectivity index (χ3n) is 5.02. The third kappa shape index (κ3) is 4.91. The average Bonchev–Trinajstić information content (AvgIpc) is 2.80. The fourth-order valence-corrected chi connectivity index (χ4v) is 3.58. The van der Waals surface area contributed by atoms with E-state index < -0.39 is 5.91 Å². The summed E-state index contributed by atoms with van der Waals surface area (Å²) in [7, 11) is 0. The van der Waals surface area contributed by atoms with E-state index in [-0.39, 0.29) is 18.2 Å². The van der Waals surface area contributed by atoms with Crippen LogP contribution in [-0.2, 0) is 6.42 Å². The van der Waals surface area contributed by atoms with Crippen molar-refractivity contribution < 1.29 is 4.79 Å². The van der Waals surface area contributed by atoms with Gasteiger partial charge in [0.15, 0.2) is 0 Å². The van der Waals surface area contributed by atoms with Gasteiger partial charge in [-0.3, -0.25) is 9.78 Å². The number of nitrogens with one attached hydrogen (secondary N) is 3. The zero-order valence-corrected chi connectivity index (χ0v) is 17.3. The molecule has 1 aliphatic carbocycles. The van der Waals surface area contributed by atoms with Crippen LogP contribution in [0.2, 0.25) is 0 Å². The van der Waals surface area contributed by atoms with Crippen LogP contribution in [0.5, 0.6) is 0 Å². The van der Waals surface area contributed by atoms with Gasteiger partial charge < -0.3 is 21.8 Å². The molecule has 0 spiro atoms. The number of carbonyl (C=O) groups excluding carboxylic acids is 1. The Morgan fingerprint density at radius 2 is 2.19 bits per heavy atom. The van der Waals surface area contributed by atoms with Gasteiger partial charge in [0.2, 0.25) is 5.95 Å². The van der Waals surface area contributed by atoms with Crippen LogP contribution in [0.4, 0.5) is 23.1 Å². The normalized spacial score (nSPS) is 15.2. The van der Waals surface area contributed by atoms with Gasteiger partial charge in [0.05, 0.1) is 24.0 Å². The maximum Gasteiger partial charge on any atom is 0.254 e. The van der Waals surface area contributed by atoms with Crippen molar-refractivity contribution in [1.82, 2.24) is 15.0 Å². The van der Waals surface area contributed by atoms with Crippen LogP contribution in [-0.4, -0.2) is 33.6 Å². The number of anilines is 3. The van der Waals surface area contributed by atoms with E-state index >= 15 is 0 Å². The lowest BCUT2D eigenvalue weighted by molar-refractivity contribution is 0.100. The monoisotopic (exact) mass is 429 g/mol. The Balaban J connectivity index is 1.59. The summed E-state index contributed by atoms with van der Waals surface area (Å²) in [5.74, 6) is 0.0361.